The molecule has 0 bridgehead atoms. The Morgan fingerprint density at radius 3 is 2.70 bits per heavy atom. The van der Waals surface area contributed by atoms with Crippen molar-refractivity contribution in [2.75, 3.05) is 27.2 Å². The lowest BCUT2D eigenvalue weighted by atomic mass is 9.93. The molecule has 0 aliphatic heterocycles. The molecule has 2 aromatic rings. The molecule has 1 aromatic heterocycles. The highest BCUT2D eigenvalue weighted by atomic mass is 16.2. The van der Waals surface area contributed by atoms with Crippen molar-refractivity contribution in [3.05, 3.63) is 40.9 Å². The third kappa shape index (κ3) is 4.63. The predicted octanol–water partition coefficient (Wildman–Crippen LogP) is 1.10. The Labute approximate surface area is 136 Å². The van der Waals surface area contributed by atoms with Crippen LogP contribution in [0.4, 0.5) is 0 Å². The summed E-state index contributed by atoms with van der Waals surface area (Å²) in [4.78, 5) is 30.8. The molecule has 2 rings (SSSR count). The molecule has 6 heteroatoms. The molecule has 0 aliphatic carbocycles. The highest BCUT2D eigenvalue weighted by Crippen LogP contribution is 2.14. The maximum absolute atomic E-state index is 12.3. The van der Waals surface area contributed by atoms with E-state index in [0.717, 1.165) is 6.54 Å². The zero-order chi connectivity index (χ0) is 17.0. The molecule has 1 aromatic carbocycles. The molecule has 0 aliphatic rings. The molecule has 23 heavy (non-hydrogen) atoms. The molecule has 1 N–H and O–H groups in total. The standard InChI is InChI=1S/C17H24N4O2/c1-17(2,11-20(3)4)10-18-15(22)9-21-12-19-14-8-6-5-7-13(14)16(21)23/h5-8,12H,9-11H2,1-4H3,(H,18,22). The number of hydrogen-bond acceptors (Lipinski definition) is 4. The van der Waals surface area contributed by atoms with Crippen LogP contribution in [0, 0.1) is 5.41 Å². The van der Waals surface area contributed by atoms with E-state index in [0.29, 0.717) is 17.4 Å². The van der Waals surface area contributed by atoms with Gasteiger partial charge in [0.05, 0.1) is 17.2 Å². The fourth-order valence-corrected chi connectivity index (χ4v) is 2.68. The van der Waals surface area contributed by atoms with Crippen LogP contribution in [0.1, 0.15) is 13.8 Å². The molecule has 0 unspecified atom stereocenters. The summed E-state index contributed by atoms with van der Waals surface area (Å²) in [5, 5.41) is 3.42. The second-order valence-corrected chi connectivity index (χ2v) is 6.87. The van der Waals surface area contributed by atoms with E-state index in [-0.39, 0.29) is 23.4 Å². The van der Waals surface area contributed by atoms with Crippen LogP contribution in [0.15, 0.2) is 35.4 Å². The lowest BCUT2D eigenvalue weighted by Gasteiger charge is -2.28. The fraction of sp³-hybridized carbons (Fsp3) is 0.471. The molecule has 0 saturated heterocycles. The maximum atomic E-state index is 12.3. The SMILES string of the molecule is CN(C)CC(C)(C)CNC(=O)Cn1cnc2ccccc2c1=O. The average molecular weight is 316 g/mol. The summed E-state index contributed by atoms with van der Waals surface area (Å²) in [7, 11) is 4.01. The zero-order valence-electron chi connectivity index (χ0n) is 14.2. The van der Waals surface area contributed by atoms with Crippen LogP contribution in [0.3, 0.4) is 0 Å². The molecule has 0 atom stereocenters. The van der Waals surface area contributed by atoms with Gasteiger partial charge in [0, 0.05) is 13.1 Å². The summed E-state index contributed by atoms with van der Waals surface area (Å²) in [5.74, 6) is -0.184. The van der Waals surface area contributed by atoms with Crippen LogP contribution in [0.2, 0.25) is 0 Å². The van der Waals surface area contributed by atoms with Crippen LogP contribution in [0.5, 0.6) is 0 Å². The molecular weight excluding hydrogens is 292 g/mol. The number of fused-ring (bicyclic) bond motifs is 1. The summed E-state index contributed by atoms with van der Waals surface area (Å²) in [6.45, 7) is 5.59. The summed E-state index contributed by atoms with van der Waals surface area (Å²) in [6, 6.07) is 7.13. The van der Waals surface area contributed by atoms with E-state index in [4.69, 9.17) is 0 Å². The minimum absolute atomic E-state index is 0.0191. The number of hydrogen-bond donors (Lipinski definition) is 1. The minimum atomic E-state index is -0.196. The predicted molar refractivity (Wildman–Crippen MR) is 91.3 cm³/mol. The van der Waals surface area contributed by atoms with Crippen LogP contribution < -0.4 is 10.9 Å². The number of para-hydroxylation sites is 1. The van der Waals surface area contributed by atoms with Crippen molar-refractivity contribution in [2.24, 2.45) is 5.41 Å². The average Bonchev–Trinajstić information content (AvgIpc) is 2.47. The molecule has 6 nitrogen and oxygen atoms in total. The number of amides is 1. The maximum Gasteiger partial charge on any atom is 0.261 e. The van der Waals surface area contributed by atoms with Gasteiger partial charge >= 0.3 is 0 Å². The molecule has 0 saturated carbocycles. The lowest BCUT2D eigenvalue weighted by molar-refractivity contribution is -0.122. The van der Waals surface area contributed by atoms with Crippen molar-refractivity contribution in [1.82, 2.24) is 19.8 Å². The van der Waals surface area contributed by atoms with Gasteiger partial charge in [0.2, 0.25) is 5.91 Å². The van der Waals surface area contributed by atoms with Gasteiger partial charge in [-0.15, -0.1) is 0 Å². The van der Waals surface area contributed by atoms with Crippen LogP contribution in [0.25, 0.3) is 10.9 Å². The van der Waals surface area contributed by atoms with E-state index < -0.39 is 0 Å². The van der Waals surface area contributed by atoms with Gasteiger partial charge in [0.1, 0.15) is 6.54 Å². The number of carbonyl (C=O) groups excluding carboxylic acids is 1. The highest BCUT2D eigenvalue weighted by molar-refractivity contribution is 5.78. The van der Waals surface area contributed by atoms with E-state index >= 15 is 0 Å². The molecule has 0 fully saturated rings. The van der Waals surface area contributed by atoms with Crippen molar-refractivity contribution in [3.8, 4) is 0 Å². The second-order valence-electron chi connectivity index (χ2n) is 6.87. The largest absolute Gasteiger partial charge is 0.354 e. The van der Waals surface area contributed by atoms with E-state index in [1.165, 1.54) is 10.9 Å². The van der Waals surface area contributed by atoms with Crippen LogP contribution in [-0.2, 0) is 11.3 Å². The number of benzene rings is 1. The fourth-order valence-electron chi connectivity index (χ4n) is 2.68. The molecule has 0 radical (unpaired) electrons. The molecule has 1 amide bonds. The Balaban J connectivity index is 2.04. The third-order valence-electron chi connectivity index (χ3n) is 3.55. The zero-order valence-corrected chi connectivity index (χ0v) is 14.2. The van der Waals surface area contributed by atoms with E-state index in [2.05, 4.69) is 29.0 Å². The van der Waals surface area contributed by atoms with Crippen molar-refractivity contribution < 1.29 is 4.79 Å². The topological polar surface area (TPSA) is 67.2 Å². The Morgan fingerprint density at radius 2 is 2.00 bits per heavy atom. The molecule has 1 heterocycles. The smallest absolute Gasteiger partial charge is 0.261 e. The van der Waals surface area contributed by atoms with Crippen molar-refractivity contribution in [2.45, 2.75) is 20.4 Å². The van der Waals surface area contributed by atoms with Gasteiger partial charge in [-0.25, -0.2) is 4.98 Å². The number of rotatable bonds is 6. The summed E-state index contributed by atoms with van der Waals surface area (Å²) < 4.78 is 1.34. The van der Waals surface area contributed by atoms with Crippen molar-refractivity contribution in [1.29, 1.82) is 0 Å². The van der Waals surface area contributed by atoms with E-state index in [9.17, 15) is 9.59 Å². The van der Waals surface area contributed by atoms with Crippen molar-refractivity contribution in [3.63, 3.8) is 0 Å². The van der Waals surface area contributed by atoms with Gasteiger partial charge < -0.3 is 10.2 Å². The van der Waals surface area contributed by atoms with Gasteiger partial charge in [0.15, 0.2) is 0 Å². The monoisotopic (exact) mass is 316 g/mol. The molecule has 124 valence electrons. The Hall–Kier alpha value is -2.21. The summed E-state index contributed by atoms with van der Waals surface area (Å²) >= 11 is 0. The van der Waals surface area contributed by atoms with Gasteiger partial charge in [-0.2, -0.15) is 0 Å². The number of nitrogens with zero attached hydrogens (tertiary/aromatic N) is 3. The van der Waals surface area contributed by atoms with E-state index in [1.807, 2.05) is 20.2 Å². The lowest BCUT2D eigenvalue weighted by Crippen LogP contribution is -2.41. The van der Waals surface area contributed by atoms with Gasteiger partial charge in [-0.05, 0) is 31.6 Å². The Bertz CT molecular complexity index is 750. The summed E-state index contributed by atoms with van der Waals surface area (Å²) in [6.07, 6.45) is 1.43. The second kappa shape index (κ2) is 6.91. The molecular formula is C17H24N4O2. The van der Waals surface area contributed by atoms with Gasteiger partial charge in [-0.1, -0.05) is 26.0 Å². The number of carbonyl (C=O) groups is 1. The minimum Gasteiger partial charge on any atom is -0.354 e. The van der Waals surface area contributed by atoms with Crippen molar-refractivity contribution >= 4 is 16.8 Å². The number of aromatic nitrogens is 2. The molecule has 0 spiro atoms. The Kier molecular flexibility index (Phi) is 5.15. The summed E-state index contributed by atoms with van der Waals surface area (Å²) in [5.41, 5.74) is 0.408. The first-order valence-corrected chi connectivity index (χ1v) is 7.64. The third-order valence-corrected chi connectivity index (χ3v) is 3.55. The van der Waals surface area contributed by atoms with Crippen LogP contribution >= 0.6 is 0 Å². The normalized spacial score (nSPS) is 11.9. The van der Waals surface area contributed by atoms with Crippen LogP contribution in [-0.4, -0.2) is 47.5 Å². The highest BCUT2D eigenvalue weighted by Gasteiger charge is 2.20. The first-order chi connectivity index (χ1) is 10.8. The first-order valence-electron chi connectivity index (χ1n) is 7.64. The van der Waals surface area contributed by atoms with Gasteiger partial charge in [0.25, 0.3) is 5.56 Å². The number of nitrogens with one attached hydrogen (secondary N) is 1. The Morgan fingerprint density at radius 1 is 1.30 bits per heavy atom. The first kappa shape index (κ1) is 17.1. The van der Waals surface area contributed by atoms with E-state index in [1.54, 1.807) is 18.2 Å². The quantitative estimate of drug-likeness (QED) is 0.866. The van der Waals surface area contributed by atoms with Gasteiger partial charge in [-0.3, -0.25) is 14.2 Å².